The Morgan fingerprint density at radius 3 is 2.62 bits per heavy atom. The zero-order chi connectivity index (χ0) is 12.3. The highest BCUT2D eigenvalue weighted by molar-refractivity contribution is 7.90. The van der Waals surface area contributed by atoms with Gasteiger partial charge in [0.1, 0.15) is 0 Å². The number of sulfone groups is 1. The molecule has 5 nitrogen and oxygen atoms in total. The SMILES string of the molecule is CS(=O)(=O)c1cc(C(=O)NC#N)ccc1Cl. The molecule has 1 amide bonds. The second kappa shape index (κ2) is 4.51. The molecule has 0 heterocycles. The number of nitriles is 1. The molecule has 0 bridgehead atoms. The van der Waals surface area contributed by atoms with Crippen LogP contribution in [0.15, 0.2) is 23.1 Å². The smallest absolute Gasteiger partial charge is 0.264 e. The number of hydrogen-bond donors (Lipinski definition) is 1. The number of hydrogen-bond acceptors (Lipinski definition) is 4. The fourth-order valence-electron chi connectivity index (χ4n) is 1.05. The van der Waals surface area contributed by atoms with Gasteiger partial charge in [0, 0.05) is 11.8 Å². The van der Waals surface area contributed by atoms with Crippen molar-refractivity contribution < 1.29 is 13.2 Å². The van der Waals surface area contributed by atoms with Crippen molar-refractivity contribution in [3.8, 4) is 6.19 Å². The maximum Gasteiger partial charge on any atom is 0.264 e. The number of amides is 1. The van der Waals surface area contributed by atoms with Crippen LogP contribution in [-0.2, 0) is 9.84 Å². The first-order chi connectivity index (χ1) is 7.36. The lowest BCUT2D eigenvalue weighted by Crippen LogP contribution is -2.17. The van der Waals surface area contributed by atoms with Gasteiger partial charge in [0.2, 0.25) is 0 Å². The first-order valence-electron chi connectivity index (χ1n) is 4.05. The summed E-state index contributed by atoms with van der Waals surface area (Å²) in [5.74, 6) is -0.677. The monoisotopic (exact) mass is 258 g/mol. The fourth-order valence-corrected chi connectivity index (χ4v) is 2.35. The second-order valence-corrected chi connectivity index (χ2v) is 5.37. The highest BCUT2D eigenvalue weighted by Gasteiger charge is 2.15. The molecule has 0 aliphatic rings. The fraction of sp³-hybridized carbons (Fsp3) is 0.111. The van der Waals surface area contributed by atoms with Gasteiger partial charge in [-0.25, -0.2) is 8.42 Å². The van der Waals surface area contributed by atoms with E-state index in [1.165, 1.54) is 18.3 Å². The Morgan fingerprint density at radius 1 is 1.50 bits per heavy atom. The lowest BCUT2D eigenvalue weighted by molar-refractivity contribution is 0.0972. The number of rotatable bonds is 2. The van der Waals surface area contributed by atoms with Crippen molar-refractivity contribution >= 4 is 27.3 Å². The van der Waals surface area contributed by atoms with Crippen LogP contribution in [0.2, 0.25) is 5.02 Å². The molecule has 0 unspecified atom stereocenters. The Bertz CT molecular complexity index is 575. The van der Waals surface area contributed by atoms with Crippen LogP contribution in [0.1, 0.15) is 10.4 Å². The molecular weight excluding hydrogens is 252 g/mol. The van der Waals surface area contributed by atoms with E-state index in [2.05, 4.69) is 0 Å². The summed E-state index contributed by atoms with van der Waals surface area (Å²) in [6.07, 6.45) is 2.44. The lowest BCUT2D eigenvalue weighted by Gasteiger charge is -2.04. The topological polar surface area (TPSA) is 87.0 Å². The van der Waals surface area contributed by atoms with Crippen LogP contribution in [0.4, 0.5) is 0 Å². The van der Waals surface area contributed by atoms with E-state index >= 15 is 0 Å². The third kappa shape index (κ3) is 2.72. The van der Waals surface area contributed by atoms with E-state index in [0.717, 1.165) is 12.3 Å². The first kappa shape index (κ1) is 12.5. The molecule has 0 aliphatic carbocycles. The molecular formula is C9H7ClN2O3S. The molecule has 7 heteroatoms. The van der Waals surface area contributed by atoms with E-state index in [1.54, 1.807) is 0 Å². The third-order valence-corrected chi connectivity index (χ3v) is 3.34. The van der Waals surface area contributed by atoms with E-state index in [4.69, 9.17) is 16.9 Å². The van der Waals surface area contributed by atoms with Crippen LogP contribution >= 0.6 is 11.6 Å². The summed E-state index contributed by atoms with van der Waals surface area (Å²) in [6.45, 7) is 0. The van der Waals surface area contributed by atoms with Crippen molar-refractivity contribution in [1.82, 2.24) is 5.32 Å². The zero-order valence-electron chi connectivity index (χ0n) is 8.19. The maximum absolute atomic E-state index is 11.3. The largest absolute Gasteiger partial charge is 0.268 e. The van der Waals surface area contributed by atoms with Crippen molar-refractivity contribution in [3.63, 3.8) is 0 Å². The van der Waals surface area contributed by atoms with E-state index in [0.29, 0.717) is 0 Å². The van der Waals surface area contributed by atoms with Crippen LogP contribution in [-0.4, -0.2) is 20.6 Å². The molecule has 0 saturated carbocycles. The van der Waals surface area contributed by atoms with Crippen molar-refractivity contribution in [2.75, 3.05) is 6.26 Å². The molecule has 0 radical (unpaired) electrons. The minimum absolute atomic E-state index is 0.0380. The lowest BCUT2D eigenvalue weighted by atomic mass is 10.2. The molecule has 0 atom stereocenters. The molecule has 1 N–H and O–H groups in total. The summed E-state index contributed by atoms with van der Waals surface area (Å²) in [6, 6.07) is 3.76. The Kier molecular flexibility index (Phi) is 3.52. The highest BCUT2D eigenvalue weighted by Crippen LogP contribution is 2.22. The van der Waals surface area contributed by atoms with Gasteiger partial charge in [-0.3, -0.25) is 10.1 Å². The number of nitrogens with zero attached hydrogens (tertiary/aromatic N) is 1. The van der Waals surface area contributed by atoms with Crippen molar-refractivity contribution in [2.24, 2.45) is 0 Å². The number of carbonyl (C=O) groups excluding carboxylic acids is 1. The summed E-state index contributed by atoms with van der Waals surface area (Å²) in [4.78, 5) is 11.1. The third-order valence-electron chi connectivity index (χ3n) is 1.76. The van der Waals surface area contributed by atoms with Crippen LogP contribution in [0.5, 0.6) is 0 Å². The number of carbonyl (C=O) groups is 1. The first-order valence-corrected chi connectivity index (χ1v) is 6.32. The molecule has 0 aromatic heterocycles. The maximum atomic E-state index is 11.3. The Labute approximate surface area is 97.6 Å². The Balaban J connectivity index is 3.30. The van der Waals surface area contributed by atoms with Gasteiger partial charge in [0.15, 0.2) is 16.0 Å². The predicted molar refractivity (Wildman–Crippen MR) is 57.6 cm³/mol. The van der Waals surface area contributed by atoms with Gasteiger partial charge in [-0.15, -0.1) is 0 Å². The molecule has 0 fully saturated rings. The van der Waals surface area contributed by atoms with Crippen molar-refractivity contribution in [2.45, 2.75) is 4.90 Å². The van der Waals surface area contributed by atoms with Crippen LogP contribution in [0.25, 0.3) is 0 Å². The molecule has 1 aromatic rings. The average molecular weight is 259 g/mol. The summed E-state index contributed by atoms with van der Waals surface area (Å²) >= 11 is 5.69. The molecule has 16 heavy (non-hydrogen) atoms. The van der Waals surface area contributed by atoms with Crippen molar-refractivity contribution in [3.05, 3.63) is 28.8 Å². The van der Waals surface area contributed by atoms with Gasteiger partial charge in [0.25, 0.3) is 5.91 Å². The molecule has 0 aliphatic heterocycles. The molecule has 1 rings (SSSR count). The summed E-state index contributed by atoms with van der Waals surface area (Å²) in [5.41, 5.74) is 0.0615. The van der Waals surface area contributed by atoms with Gasteiger partial charge >= 0.3 is 0 Å². The van der Waals surface area contributed by atoms with E-state index < -0.39 is 15.7 Å². The van der Waals surface area contributed by atoms with Crippen LogP contribution < -0.4 is 5.32 Å². The highest BCUT2D eigenvalue weighted by atomic mass is 35.5. The van der Waals surface area contributed by atoms with Gasteiger partial charge in [-0.05, 0) is 18.2 Å². The van der Waals surface area contributed by atoms with Crippen LogP contribution in [0.3, 0.4) is 0 Å². The standard InChI is InChI=1S/C9H7ClN2O3S/c1-16(14,15)8-4-6(2-3-7(8)10)9(13)12-5-11/h2-4H,1H3,(H,12,13). The van der Waals surface area contributed by atoms with Gasteiger partial charge in [-0.1, -0.05) is 11.6 Å². The number of benzene rings is 1. The van der Waals surface area contributed by atoms with E-state index in [1.807, 2.05) is 5.32 Å². The number of halogens is 1. The molecule has 0 saturated heterocycles. The van der Waals surface area contributed by atoms with Gasteiger partial charge < -0.3 is 0 Å². The Hall–Kier alpha value is -1.58. The molecule has 84 valence electrons. The Morgan fingerprint density at radius 2 is 2.12 bits per heavy atom. The minimum atomic E-state index is -3.50. The summed E-state index contributed by atoms with van der Waals surface area (Å²) in [5, 5.41) is 10.2. The van der Waals surface area contributed by atoms with E-state index in [9.17, 15) is 13.2 Å². The average Bonchev–Trinajstić information content (AvgIpc) is 2.16. The van der Waals surface area contributed by atoms with Gasteiger partial charge in [0.05, 0.1) is 9.92 Å². The van der Waals surface area contributed by atoms with Gasteiger partial charge in [-0.2, -0.15) is 5.26 Å². The molecule has 1 aromatic carbocycles. The quantitative estimate of drug-likeness (QED) is 0.632. The molecule has 0 spiro atoms. The summed E-state index contributed by atoms with van der Waals surface area (Å²) < 4.78 is 22.6. The summed E-state index contributed by atoms with van der Waals surface area (Å²) in [7, 11) is -3.50. The predicted octanol–water partition coefficient (Wildman–Crippen LogP) is 0.954. The second-order valence-electron chi connectivity index (χ2n) is 2.98. The minimum Gasteiger partial charge on any atom is -0.268 e. The zero-order valence-corrected chi connectivity index (χ0v) is 9.76. The normalized spacial score (nSPS) is 10.6. The van der Waals surface area contributed by atoms with E-state index in [-0.39, 0.29) is 15.5 Å². The van der Waals surface area contributed by atoms with Crippen LogP contribution in [0, 0.1) is 11.5 Å². The van der Waals surface area contributed by atoms with Crippen molar-refractivity contribution in [1.29, 1.82) is 5.26 Å². The number of nitrogens with one attached hydrogen (secondary N) is 1.